The van der Waals surface area contributed by atoms with Gasteiger partial charge in [-0.25, -0.2) is 0 Å². The molecule has 0 aliphatic rings. The number of benzene rings is 1. The van der Waals surface area contributed by atoms with Gasteiger partial charge in [0.1, 0.15) is 6.54 Å². The van der Waals surface area contributed by atoms with Gasteiger partial charge in [-0.05, 0) is 24.1 Å². The molecule has 2 aromatic heterocycles. The van der Waals surface area contributed by atoms with Crippen LogP contribution in [-0.2, 0) is 11.3 Å². The van der Waals surface area contributed by atoms with Crippen LogP contribution in [0.2, 0.25) is 0 Å². The van der Waals surface area contributed by atoms with E-state index < -0.39 is 0 Å². The summed E-state index contributed by atoms with van der Waals surface area (Å²) in [5, 5.41) is 7.93. The van der Waals surface area contributed by atoms with Gasteiger partial charge in [0, 0.05) is 30.4 Å². The molecule has 2 heterocycles. The molecule has 0 fully saturated rings. The minimum Gasteiger partial charge on any atom is -0.358 e. The maximum Gasteiger partial charge on any atom is 0.241 e. The van der Waals surface area contributed by atoms with E-state index in [1.54, 1.807) is 24.1 Å². The van der Waals surface area contributed by atoms with Crippen molar-refractivity contribution in [1.29, 1.82) is 0 Å². The van der Waals surface area contributed by atoms with E-state index >= 15 is 0 Å². The molecular formula is C16H16N4O. The molecule has 3 rings (SSSR count). The first-order chi connectivity index (χ1) is 10.2. The summed E-state index contributed by atoms with van der Waals surface area (Å²) in [5.74, 6) is -0.0694. The Bertz CT molecular complexity index is 807. The van der Waals surface area contributed by atoms with Crippen molar-refractivity contribution in [2.24, 2.45) is 0 Å². The van der Waals surface area contributed by atoms with Crippen LogP contribution in [0.25, 0.3) is 22.0 Å². The van der Waals surface area contributed by atoms with Gasteiger partial charge >= 0.3 is 0 Å². The fraction of sp³-hybridized carbons (Fsp3) is 0.188. The van der Waals surface area contributed by atoms with Crippen molar-refractivity contribution < 1.29 is 4.79 Å². The second kappa shape index (κ2) is 5.36. The summed E-state index contributed by atoms with van der Waals surface area (Å²) in [7, 11) is 1.62. The summed E-state index contributed by atoms with van der Waals surface area (Å²) in [6.07, 6.45) is 5.46. The molecule has 0 spiro atoms. The third-order valence-electron chi connectivity index (χ3n) is 3.50. The fourth-order valence-corrected chi connectivity index (χ4v) is 2.38. The minimum atomic E-state index is -0.0694. The second-order valence-corrected chi connectivity index (χ2v) is 4.93. The Labute approximate surface area is 122 Å². The SMILES string of the molecule is CNC(=O)Cn1cc(-c2ccc(C)c3ncccc23)cn1. The molecular weight excluding hydrogens is 264 g/mol. The first-order valence-corrected chi connectivity index (χ1v) is 6.77. The van der Waals surface area contributed by atoms with E-state index in [1.165, 1.54) is 0 Å². The van der Waals surface area contributed by atoms with Gasteiger partial charge in [0.15, 0.2) is 0 Å². The average molecular weight is 280 g/mol. The number of nitrogens with zero attached hydrogens (tertiary/aromatic N) is 3. The molecule has 3 aromatic rings. The van der Waals surface area contributed by atoms with Crippen molar-refractivity contribution in [3.05, 3.63) is 48.4 Å². The third kappa shape index (κ3) is 2.50. The van der Waals surface area contributed by atoms with E-state index in [0.29, 0.717) is 0 Å². The highest BCUT2D eigenvalue weighted by Crippen LogP contribution is 2.29. The summed E-state index contributed by atoms with van der Waals surface area (Å²) in [4.78, 5) is 15.8. The highest BCUT2D eigenvalue weighted by Gasteiger charge is 2.09. The lowest BCUT2D eigenvalue weighted by Crippen LogP contribution is -2.23. The highest BCUT2D eigenvalue weighted by atomic mass is 16.1. The Balaban J connectivity index is 2.05. The molecule has 1 N–H and O–H groups in total. The summed E-state index contributed by atoms with van der Waals surface area (Å²) in [6, 6.07) is 8.11. The lowest BCUT2D eigenvalue weighted by Gasteiger charge is -2.06. The zero-order valence-electron chi connectivity index (χ0n) is 12.0. The molecule has 0 unspecified atom stereocenters. The first kappa shape index (κ1) is 13.3. The fourth-order valence-electron chi connectivity index (χ4n) is 2.38. The predicted molar refractivity (Wildman–Crippen MR) is 81.8 cm³/mol. The number of amides is 1. The van der Waals surface area contributed by atoms with E-state index in [-0.39, 0.29) is 12.5 Å². The van der Waals surface area contributed by atoms with Crippen LogP contribution in [-0.4, -0.2) is 27.7 Å². The summed E-state index contributed by atoms with van der Waals surface area (Å²) < 4.78 is 1.64. The van der Waals surface area contributed by atoms with E-state index in [4.69, 9.17) is 0 Å². The topological polar surface area (TPSA) is 59.8 Å². The Hall–Kier alpha value is -2.69. The largest absolute Gasteiger partial charge is 0.358 e. The van der Waals surface area contributed by atoms with E-state index in [2.05, 4.69) is 33.6 Å². The van der Waals surface area contributed by atoms with Gasteiger partial charge in [0.2, 0.25) is 5.91 Å². The minimum absolute atomic E-state index is 0.0694. The summed E-state index contributed by atoms with van der Waals surface area (Å²) in [5.41, 5.74) is 4.20. The number of nitrogens with one attached hydrogen (secondary N) is 1. The van der Waals surface area contributed by atoms with Crippen LogP contribution >= 0.6 is 0 Å². The molecule has 0 bridgehead atoms. The smallest absolute Gasteiger partial charge is 0.241 e. The van der Waals surface area contributed by atoms with Gasteiger partial charge < -0.3 is 5.32 Å². The second-order valence-electron chi connectivity index (χ2n) is 4.93. The molecule has 0 saturated carbocycles. The number of carbonyl (C=O) groups is 1. The van der Waals surface area contributed by atoms with Crippen LogP contribution in [0.3, 0.4) is 0 Å². The van der Waals surface area contributed by atoms with Crippen molar-refractivity contribution in [1.82, 2.24) is 20.1 Å². The van der Waals surface area contributed by atoms with Gasteiger partial charge in [-0.2, -0.15) is 5.10 Å². The predicted octanol–water partition coefficient (Wildman–Crippen LogP) is 2.15. The van der Waals surface area contributed by atoms with E-state index in [1.807, 2.05) is 19.2 Å². The quantitative estimate of drug-likeness (QED) is 0.799. The number of rotatable bonds is 3. The van der Waals surface area contributed by atoms with E-state index in [0.717, 1.165) is 27.6 Å². The average Bonchev–Trinajstić information content (AvgIpc) is 2.96. The van der Waals surface area contributed by atoms with Gasteiger partial charge in [0.05, 0.1) is 11.7 Å². The number of carbonyl (C=O) groups excluding carboxylic acids is 1. The molecule has 0 radical (unpaired) electrons. The molecule has 0 saturated heterocycles. The third-order valence-corrected chi connectivity index (χ3v) is 3.50. The van der Waals surface area contributed by atoms with Crippen molar-refractivity contribution in [3.63, 3.8) is 0 Å². The number of pyridine rings is 1. The number of aromatic nitrogens is 3. The van der Waals surface area contributed by atoms with Crippen LogP contribution in [0.15, 0.2) is 42.9 Å². The zero-order valence-corrected chi connectivity index (χ0v) is 12.0. The molecule has 1 aromatic carbocycles. The molecule has 0 atom stereocenters. The van der Waals surface area contributed by atoms with Crippen molar-refractivity contribution in [3.8, 4) is 11.1 Å². The first-order valence-electron chi connectivity index (χ1n) is 6.77. The summed E-state index contributed by atoms with van der Waals surface area (Å²) in [6.45, 7) is 2.27. The normalized spacial score (nSPS) is 10.8. The number of likely N-dealkylation sites (N-methyl/N-ethyl adjacent to an activating group) is 1. The van der Waals surface area contributed by atoms with Crippen LogP contribution in [0.1, 0.15) is 5.56 Å². The van der Waals surface area contributed by atoms with Crippen LogP contribution in [0.4, 0.5) is 0 Å². The molecule has 21 heavy (non-hydrogen) atoms. The van der Waals surface area contributed by atoms with E-state index in [9.17, 15) is 4.79 Å². The standard InChI is InChI=1S/C16H16N4O/c1-11-5-6-13(14-4-3-7-18-16(11)14)12-8-19-20(9-12)10-15(21)17-2/h3-9H,10H2,1-2H3,(H,17,21). The van der Waals surface area contributed by atoms with Gasteiger partial charge in [-0.1, -0.05) is 18.2 Å². The van der Waals surface area contributed by atoms with Crippen LogP contribution in [0.5, 0.6) is 0 Å². The number of hydrogen-bond acceptors (Lipinski definition) is 3. The molecule has 5 nitrogen and oxygen atoms in total. The summed E-state index contributed by atoms with van der Waals surface area (Å²) >= 11 is 0. The number of fused-ring (bicyclic) bond motifs is 1. The Morgan fingerprint density at radius 2 is 2.19 bits per heavy atom. The Morgan fingerprint density at radius 3 is 3.00 bits per heavy atom. The lowest BCUT2D eigenvalue weighted by molar-refractivity contribution is -0.121. The number of aryl methyl sites for hydroxylation is 1. The lowest BCUT2D eigenvalue weighted by atomic mass is 10.0. The Kier molecular flexibility index (Phi) is 3.39. The van der Waals surface area contributed by atoms with Crippen molar-refractivity contribution in [2.45, 2.75) is 13.5 Å². The molecule has 1 amide bonds. The Morgan fingerprint density at radius 1 is 1.33 bits per heavy atom. The van der Waals surface area contributed by atoms with Gasteiger partial charge in [0.25, 0.3) is 0 Å². The molecule has 0 aliphatic carbocycles. The highest BCUT2D eigenvalue weighted by molar-refractivity contribution is 5.95. The van der Waals surface area contributed by atoms with Gasteiger partial charge in [-0.15, -0.1) is 0 Å². The maximum absolute atomic E-state index is 11.4. The maximum atomic E-state index is 11.4. The molecule has 0 aliphatic heterocycles. The van der Waals surface area contributed by atoms with Crippen molar-refractivity contribution in [2.75, 3.05) is 7.05 Å². The van der Waals surface area contributed by atoms with Crippen molar-refractivity contribution >= 4 is 16.8 Å². The zero-order chi connectivity index (χ0) is 14.8. The molecule has 106 valence electrons. The van der Waals surface area contributed by atoms with Crippen LogP contribution in [0, 0.1) is 6.92 Å². The monoisotopic (exact) mass is 280 g/mol. The van der Waals surface area contributed by atoms with Gasteiger partial charge in [-0.3, -0.25) is 14.5 Å². The molecule has 5 heteroatoms. The van der Waals surface area contributed by atoms with Crippen LogP contribution < -0.4 is 5.32 Å². The number of hydrogen-bond donors (Lipinski definition) is 1.